The Morgan fingerprint density at radius 3 is 2.84 bits per heavy atom. The molecule has 5 nitrogen and oxygen atoms in total. The first-order valence-corrected chi connectivity index (χ1v) is 8.28. The van der Waals surface area contributed by atoms with Crippen molar-refractivity contribution in [1.29, 1.82) is 0 Å². The van der Waals surface area contributed by atoms with E-state index in [4.69, 9.17) is 0 Å². The number of aromatic nitrogens is 2. The van der Waals surface area contributed by atoms with E-state index < -0.39 is 9.84 Å². The fourth-order valence-corrected chi connectivity index (χ4v) is 4.36. The topological polar surface area (TPSA) is 55.2 Å². The lowest BCUT2D eigenvalue weighted by Gasteiger charge is -2.26. The molecule has 1 atom stereocenters. The van der Waals surface area contributed by atoms with Crippen LogP contribution in [0.2, 0.25) is 0 Å². The smallest absolute Gasteiger partial charge is 0.151 e. The number of hydrogen-bond acceptors (Lipinski definition) is 4. The molecule has 1 aliphatic rings. The molecule has 6 heteroatoms. The van der Waals surface area contributed by atoms with Gasteiger partial charge in [0.25, 0.3) is 0 Å². The second kappa shape index (κ2) is 5.46. The number of hydrogen-bond donors (Lipinski definition) is 0. The van der Waals surface area contributed by atoms with Crippen molar-refractivity contribution in [3.8, 4) is 0 Å². The first kappa shape index (κ1) is 14.3. The van der Waals surface area contributed by atoms with Gasteiger partial charge in [-0.05, 0) is 13.3 Å². The van der Waals surface area contributed by atoms with Crippen molar-refractivity contribution in [1.82, 2.24) is 14.7 Å². The molecule has 1 aromatic heterocycles. The summed E-state index contributed by atoms with van der Waals surface area (Å²) in [7, 11) is -0.956. The Labute approximate surface area is 114 Å². The van der Waals surface area contributed by atoms with Gasteiger partial charge in [0.1, 0.15) is 0 Å². The molecule has 1 saturated heterocycles. The lowest BCUT2D eigenvalue weighted by molar-refractivity contribution is 0.226. The van der Waals surface area contributed by atoms with Crippen LogP contribution >= 0.6 is 0 Å². The minimum Gasteiger partial charge on any atom is -0.291 e. The quantitative estimate of drug-likeness (QED) is 0.754. The summed E-state index contributed by atoms with van der Waals surface area (Å²) in [6.07, 6.45) is 4.54. The molecule has 0 aromatic carbocycles. The number of sulfone groups is 1. The molecule has 0 aliphatic carbocycles. The van der Waals surface area contributed by atoms with Crippen LogP contribution in [0.4, 0.5) is 0 Å². The SMILES string of the molecule is C=CCN(Cc1cn(C)nc1C)C1CCS(=O)(=O)C1. The van der Waals surface area contributed by atoms with E-state index in [0.717, 1.165) is 24.2 Å². The molecule has 0 saturated carbocycles. The normalized spacial score (nSPS) is 21.9. The monoisotopic (exact) mass is 283 g/mol. The lowest BCUT2D eigenvalue weighted by Crippen LogP contribution is -2.35. The molecule has 1 aromatic rings. The number of nitrogens with zero attached hydrogens (tertiary/aromatic N) is 3. The van der Waals surface area contributed by atoms with Gasteiger partial charge in [0.2, 0.25) is 0 Å². The third-order valence-corrected chi connectivity index (χ3v) is 5.33. The fourth-order valence-electron chi connectivity index (χ4n) is 2.59. The third-order valence-electron chi connectivity index (χ3n) is 3.58. The third kappa shape index (κ3) is 3.45. The number of rotatable bonds is 5. The molecule has 2 rings (SSSR count). The minimum absolute atomic E-state index is 0.0996. The highest BCUT2D eigenvalue weighted by Crippen LogP contribution is 2.20. The predicted octanol–water partition coefficient (Wildman–Crippen LogP) is 0.904. The molecule has 0 bridgehead atoms. The maximum absolute atomic E-state index is 11.6. The summed E-state index contributed by atoms with van der Waals surface area (Å²) in [5, 5.41) is 4.33. The van der Waals surface area contributed by atoms with Gasteiger partial charge >= 0.3 is 0 Å². The summed E-state index contributed by atoms with van der Waals surface area (Å²) in [5.41, 5.74) is 2.14. The molecule has 1 unspecified atom stereocenters. The molecule has 1 aliphatic heterocycles. The Hall–Kier alpha value is -1.14. The van der Waals surface area contributed by atoms with Gasteiger partial charge in [-0.15, -0.1) is 6.58 Å². The summed E-state index contributed by atoms with van der Waals surface area (Å²) < 4.78 is 25.0. The van der Waals surface area contributed by atoms with Crippen LogP contribution in [0, 0.1) is 6.92 Å². The van der Waals surface area contributed by atoms with Crippen molar-refractivity contribution in [2.45, 2.75) is 25.9 Å². The zero-order valence-corrected chi connectivity index (χ0v) is 12.4. The van der Waals surface area contributed by atoms with Crippen molar-refractivity contribution in [3.05, 3.63) is 30.1 Å². The molecule has 1 fully saturated rings. The standard InChI is InChI=1S/C13H21N3O2S/c1-4-6-16(13-5-7-19(17,18)10-13)9-12-8-15(3)14-11(12)2/h4,8,13H,1,5-7,9-10H2,2-3H3. The van der Waals surface area contributed by atoms with E-state index in [1.54, 1.807) is 4.68 Å². The molecular weight excluding hydrogens is 262 g/mol. The molecule has 0 radical (unpaired) electrons. The van der Waals surface area contributed by atoms with E-state index in [2.05, 4.69) is 16.6 Å². The minimum atomic E-state index is -2.85. The van der Waals surface area contributed by atoms with Crippen LogP contribution in [0.5, 0.6) is 0 Å². The highest BCUT2D eigenvalue weighted by atomic mass is 32.2. The Morgan fingerprint density at radius 1 is 1.63 bits per heavy atom. The van der Waals surface area contributed by atoms with Crippen LogP contribution in [0.25, 0.3) is 0 Å². The molecule has 19 heavy (non-hydrogen) atoms. The number of aryl methyl sites for hydroxylation is 2. The van der Waals surface area contributed by atoms with Gasteiger partial charge in [0.15, 0.2) is 9.84 Å². The second-order valence-electron chi connectivity index (χ2n) is 5.19. The van der Waals surface area contributed by atoms with Crippen LogP contribution in [0.3, 0.4) is 0 Å². The van der Waals surface area contributed by atoms with E-state index in [1.807, 2.05) is 26.2 Å². The van der Waals surface area contributed by atoms with E-state index >= 15 is 0 Å². The Morgan fingerprint density at radius 2 is 2.37 bits per heavy atom. The zero-order chi connectivity index (χ0) is 14.0. The van der Waals surface area contributed by atoms with Gasteiger partial charge in [0.05, 0.1) is 17.2 Å². The van der Waals surface area contributed by atoms with Gasteiger partial charge in [-0.25, -0.2) is 8.42 Å². The largest absolute Gasteiger partial charge is 0.291 e. The van der Waals surface area contributed by atoms with E-state index in [-0.39, 0.29) is 11.8 Å². The molecule has 2 heterocycles. The van der Waals surface area contributed by atoms with Gasteiger partial charge in [-0.3, -0.25) is 9.58 Å². The van der Waals surface area contributed by atoms with Crippen LogP contribution < -0.4 is 0 Å². The summed E-state index contributed by atoms with van der Waals surface area (Å²) in [5.74, 6) is 0.567. The van der Waals surface area contributed by atoms with E-state index in [9.17, 15) is 8.42 Å². The maximum Gasteiger partial charge on any atom is 0.151 e. The molecule has 0 amide bonds. The van der Waals surface area contributed by atoms with Crippen LogP contribution in [0.1, 0.15) is 17.7 Å². The van der Waals surface area contributed by atoms with E-state index in [0.29, 0.717) is 12.3 Å². The van der Waals surface area contributed by atoms with Gasteiger partial charge < -0.3 is 0 Å². The van der Waals surface area contributed by atoms with Crippen molar-refractivity contribution in [2.24, 2.45) is 7.05 Å². The molecule has 0 spiro atoms. The van der Waals surface area contributed by atoms with Crippen molar-refractivity contribution >= 4 is 9.84 Å². The summed E-state index contributed by atoms with van der Waals surface area (Å²) in [4.78, 5) is 2.18. The first-order chi connectivity index (χ1) is 8.91. The Bertz CT molecular complexity index is 562. The lowest BCUT2D eigenvalue weighted by atomic mass is 10.1. The predicted molar refractivity (Wildman–Crippen MR) is 75.6 cm³/mol. The fraction of sp³-hybridized carbons (Fsp3) is 0.615. The average Bonchev–Trinajstić information content (AvgIpc) is 2.81. The summed E-state index contributed by atoms with van der Waals surface area (Å²) in [6, 6.07) is 0.0996. The summed E-state index contributed by atoms with van der Waals surface area (Å²) in [6.45, 7) is 7.18. The highest BCUT2D eigenvalue weighted by molar-refractivity contribution is 7.91. The summed E-state index contributed by atoms with van der Waals surface area (Å²) >= 11 is 0. The zero-order valence-electron chi connectivity index (χ0n) is 11.5. The van der Waals surface area contributed by atoms with Crippen LogP contribution in [-0.4, -0.2) is 47.2 Å². The van der Waals surface area contributed by atoms with Crippen molar-refractivity contribution in [3.63, 3.8) is 0 Å². The molecular formula is C13H21N3O2S. The Balaban J connectivity index is 2.12. The second-order valence-corrected chi connectivity index (χ2v) is 7.42. The highest BCUT2D eigenvalue weighted by Gasteiger charge is 2.32. The van der Waals surface area contributed by atoms with Gasteiger partial charge in [-0.1, -0.05) is 6.08 Å². The van der Waals surface area contributed by atoms with Crippen LogP contribution in [-0.2, 0) is 23.4 Å². The maximum atomic E-state index is 11.6. The van der Waals surface area contributed by atoms with Gasteiger partial charge in [0, 0.05) is 37.9 Å². The molecule has 106 valence electrons. The molecule has 0 N–H and O–H groups in total. The average molecular weight is 283 g/mol. The van der Waals surface area contributed by atoms with Gasteiger partial charge in [-0.2, -0.15) is 5.10 Å². The van der Waals surface area contributed by atoms with E-state index in [1.165, 1.54) is 0 Å². The Kier molecular flexibility index (Phi) is 4.10. The first-order valence-electron chi connectivity index (χ1n) is 6.46. The van der Waals surface area contributed by atoms with Crippen molar-refractivity contribution < 1.29 is 8.42 Å². The van der Waals surface area contributed by atoms with Crippen LogP contribution in [0.15, 0.2) is 18.9 Å². The van der Waals surface area contributed by atoms with Crippen molar-refractivity contribution in [2.75, 3.05) is 18.1 Å².